The average molecular weight is 705 g/mol. The van der Waals surface area contributed by atoms with Gasteiger partial charge in [0.25, 0.3) is 11.8 Å². The van der Waals surface area contributed by atoms with E-state index in [4.69, 9.17) is 0 Å². The summed E-state index contributed by atoms with van der Waals surface area (Å²) in [5.41, 5.74) is 0.624. The van der Waals surface area contributed by atoms with Crippen LogP contribution in [0.4, 0.5) is 5.69 Å². The lowest BCUT2D eigenvalue weighted by atomic mass is 9.49. The van der Waals surface area contributed by atoms with Gasteiger partial charge in [0.1, 0.15) is 0 Å². The molecule has 3 amide bonds. The van der Waals surface area contributed by atoms with E-state index in [9.17, 15) is 39.0 Å². The molecule has 12 heteroatoms. The Morgan fingerprint density at radius 2 is 1.35 bits per heavy atom. The van der Waals surface area contributed by atoms with Crippen LogP contribution in [0.3, 0.4) is 0 Å². The van der Waals surface area contributed by atoms with Gasteiger partial charge in [0.15, 0.2) is 0 Å². The molecule has 3 aromatic carbocycles. The summed E-state index contributed by atoms with van der Waals surface area (Å²) in [6, 6.07) is 16.8. The minimum Gasteiger partial charge on any atom is -0.478 e. The maximum atomic E-state index is 14.0. The molecule has 0 spiro atoms. The monoisotopic (exact) mass is 704 g/mol. The molecule has 12 nitrogen and oxygen atoms in total. The van der Waals surface area contributed by atoms with E-state index in [1.807, 2.05) is 0 Å². The van der Waals surface area contributed by atoms with E-state index in [0.717, 1.165) is 37.5 Å². The Labute approximate surface area is 299 Å². The second-order valence-electron chi connectivity index (χ2n) is 14.8. The second-order valence-corrected chi connectivity index (χ2v) is 14.8. The van der Waals surface area contributed by atoms with E-state index in [2.05, 4.69) is 16.0 Å². The maximum Gasteiger partial charge on any atom is 0.335 e. The highest BCUT2D eigenvalue weighted by atomic mass is 16.4. The summed E-state index contributed by atoms with van der Waals surface area (Å²) in [4.78, 5) is 77.5. The lowest BCUT2D eigenvalue weighted by Crippen LogP contribution is -2.51. The van der Waals surface area contributed by atoms with Crippen LogP contribution in [0.25, 0.3) is 10.9 Å². The van der Waals surface area contributed by atoms with Gasteiger partial charge in [-0.15, -0.1) is 0 Å². The van der Waals surface area contributed by atoms with Crippen LogP contribution in [0.5, 0.6) is 0 Å². The first-order valence-electron chi connectivity index (χ1n) is 17.6. The molecule has 268 valence electrons. The van der Waals surface area contributed by atoms with Crippen LogP contribution in [0.2, 0.25) is 0 Å². The van der Waals surface area contributed by atoms with Crippen LogP contribution < -0.4 is 16.0 Å². The molecular weight excluding hydrogens is 664 g/mol. The van der Waals surface area contributed by atoms with Gasteiger partial charge in [0, 0.05) is 37.3 Å². The Balaban J connectivity index is 1.15. The SMILES string of the molecule is CC(=O)n1ccc2cc(C(=O)NCC(C(=O)Nc3cc(C(=O)O)cc(C(=O)O)c3)c3ccccc3)c(C(=O)NCC34CC5CC(CC(C5)C3)C4)cc21. The van der Waals surface area contributed by atoms with Crippen LogP contribution in [0.15, 0.2) is 72.9 Å². The van der Waals surface area contributed by atoms with Crippen molar-refractivity contribution < 1.29 is 39.0 Å². The molecule has 1 unspecified atom stereocenters. The van der Waals surface area contributed by atoms with Crippen molar-refractivity contribution in [2.45, 2.75) is 51.4 Å². The fourth-order valence-electron chi connectivity index (χ4n) is 9.22. The Morgan fingerprint density at radius 3 is 1.92 bits per heavy atom. The predicted molar refractivity (Wildman–Crippen MR) is 192 cm³/mol. The highest BCUT2D eigenvalue weighted by Gasteiger charge is 2.50. The highest BCUT2D eigenvalue weighted by Crippen LogP contribution is 2.59. The third-order valence-corrected chi connectivity index (χ3v) is 11.1. The van der Waals surface area contributed by atoms with Gasteiger partial charge in [-0.1, -0.05) is 30.3 Å². The van der Waals surface area contributed by atoms with Crippen LogP contribution in [0, 0.1) is 23.2 Å². The number of anilines is 1. The first kappa shape index (κ1) is 34.7. The standard InChI is InChI=1S/C40H40N4O8/c1-22(45)44-8-7-27-15-31(32(16-34(27)44)36(47)42-21-40-17-23-9-24(18-40)11-25(10-23)19-40)35(46)41-20-33(26-5-3-2-4-6-26)37(48)43-30-13-28(38(49)50)12-29(14-30)39(51)52/h2-8,12-16,23-25,33H,9-11,17-21H2,1H3,(H,41,46)(H,42,47)(H,43,48)(H,49,50)(H,51,52). The first-order chi connectivity index (χ1) is 24.9. The molecule has 4 aromatic rings. The Kier molecular flexibility index (Phi) is 9.16. The molecule has 1 heterocycles. The smallest absolute Gasteiger partial charge is 0.335 e. The molecule has 4 fully saturated rings. The normalized spacial score (nSPS) is 22.1. The number of fused-ring (bicyclic) bond motifs is 1. The van der Waals surface area contributed by atoms with Gasteiger partial charge >= 0.3 is 11.9 Å². The molecule has 1 aromatic heterocycles. The molecule has 4 aliphatic rings. The summed E-state index contributed by atoms with van der Waals surface area (Å²) in [5.74, 6) is -3.47. The van der Waals surface area contributed by atoms with Crippen LogP contribution in [-0.2, 0) is 4.79 Å². The number of aromatic carboxylic acids is 2. The summed E-state index contributed by atoms with van der Waals surface area (Å²) >= 11 is 0. The van der Waals surface area contributed by atoms with Gasteiger partial charge in [-0.3, -0.25) is 23.7 Å². The zero-order valence-corrected chi connectivity index (χ0v) is 28.7. The fourth-order valence-corrected chi connectivity index (χ4v) is 9.22. The molecule has 0 aliphatic heterocycles. The zero-order chi connectivity index (χ0) is 36.7. The number of hydrogen-bond donors (Lipinski definition) is 5. The van der Waals surface area contributed by atoms with E-state index in [0.29, 0.717) is 40.8 Å². The first-order valence-corrected chi connectivity index (χ1v) is 17.6. The van der Waals surface area contributed by atoms with Gasteiger partial charge in [-0.05, 0) is 104 Å². The second kappa shape index (κ2) is 13.7. The van der Waals surface area contributed by atoms with Gasteiger partial charge in [0.05, 0.1) is 33.7 Å². The third-order valence-electron chi connectivity index (χ3n) is 11.1. The number of amides is 3. The van der Waals surface area contributed by atoms with Crippen molar-refractivity contribution in [3.05, 3.63) is 101 Å². The highest BCUT2D eigenvalue weighted by molar-refractivity contribution is 6.11. The number of carbonyl (C=O) groups excluding carboxylic acids is 4. The summed E-state index contributed by atoms with van der Waals surface area (Å²) in [5, 5.41) is 28.2. The van der Waals surface area contributed by atoms with Crippen LogP contribution in [-0.4, -0.2) is 63.4 Å². The van der Waals surface area contributed by atoms with Gasteiger partial charge in [-0.25, -0.2) is 9.59 Å². The van der Waals surface area contributed by atoms with E-state index in [1.165, 1.54) is 30.8 Å². The molecule has 4 aliphatic carbocycles. The average Bonchev–Trinajstić information content (AvgIpc) is 3.53. The maximum absolute atomic E-state index is 14.0. The third kappa shape index (κ3) is 6.92. The molecular formula is C40H40N4O8. The van der Waals surface area contributed by atoms with Crippen LogP contribution in [0.1, 0.15) is 103 Å². The van der Waals surface area contributed by atoms with E-state index >= 15 is 0 Å². The number of carbonyl (C=O) groups is 6. The number of aromatic nitrogens is 1. The predicted octanol–water partition coefficient (Wildman–Crippen LogP) is 5.80. The number of nitrogens with one attached hydrogen (secondary N) is 3. The van der Waals surface area contributed by atoms with Crippen molar-refractivity contribution in [2.24, 2.45) is 23.2 Å². The summed E-state index contributed by atoms with van der Waals surface area (Å²) in [6.07, 6.45) is 8.71. The number of benzene rings is 3. The van der Waals surface area contributed by atoms with E-state index < -0.39 is 35.6 Å². The topological polar surface area (TPSA) is 184 Å². The molecule has 1 atom stereocenters. The number of nitrogens with zero attached hydrogens (tertiary/aromatic N) is 1. The van der Waals surface area contributed by atoms with Crippen molar-refractivity contribution >= 4 is 52.2 Å². The lowest BCUT2D eigenvalue weighted by molar-refractivity contribution is -0.117. The van der Waals surface area contributed by atoms with Gasteiger partial charge in [-0.2, -0.15) is 0 Å². The van der Waals surface area contributed by atoms with Crippen molar-refractivity contribution in [1.29, 1.82) is 0 Å². The van der Waals surface area contributed by atoms with E-state index in [-0.39, 0.29) is 45.8 Å². The molecule has 0 radical (unpaired) electrons. The quantitative estimate of drug-likeness (QED) is 0.130. The van der Waals surface area contributed by atoms with Crippen molar-refractivity contribution in [3.63, 3.8) is 0 Å². The van der Waals surface area contributed by atoms with Crippen molar-refractivity contribution in [3.8, 4) is 0 Å². The number of carboxylic acids is 2. The number of rotatable bonds is 11. The Bertz CT molecular complexity index is 2050. The summed E-state index contributed by atoms with van der Waals surface area (Å²) in [6.45, 7) is 1.73. The molecule has 4 saturated carbocycles. The van der Waals surface area contributed by atoms with Crippen molar-refractivity contribution in [1.82, 2.24) is 15.2 Å². The number of carboxylic acid groups (broad SMARTS) is 2. The summed E-state index contributed by atoms with van der Waals surface area (Å²) < 4.78 is 1.43. The Morgan fingerprint density at radius 1 is 0.769 bits per heavy atom. The van der Waals surface area contributed by atoms with Gasteiger partial charge < -0.3 is 26.2 Å². The molecule has 4 bridgehead atoms. The minimum absolute atomic E-state index is 0.0343. The van der Waals surface area contributed by atoms with E-state index in [1.54, 1.807) is 54.7 Å². The number of hydrogen-bond acceptors (Lipinski definition) is 6. The van der Waals surface area contributed by atoms with Crippen molar-refractivity contribution in [2.75, 3.05) is 18.4 Å². The van der Waals surface area contributed by atoms with Gasteiger partial charge in [0.2, 0.25) is 11.8 Å². The molecule has 52 heavy (non-hydrogen) atoms. The van der Waals surface area contributed by atoms with Crippen LogP contribution >= 0.6 is 0 Å². The molecule has 0 saturated heterocycles. The minimum atomic E-state index is -1.36. The largest absolute Gasteiger partial charge is 0.478 e. The molecule has 5 N–H and O–H groups in total. The molecule has 8 rings (SSSR count). The lowest BCUT2D eigenvalue weighted by Gasteiger charge is -2.56. The fraction of sp³-hybridized carbons (Fsp3) is 0.350. The summed E-state index contributed by atoms with van der Waals surface area (Å²) in [7, 11) is 0. The zero-order valence-electron chi connectivity index (χ0n) is 28.7. The Hall–Kier alpha value is -5.78.